The van der Waals surface area contributed by atoms with Crippen LogP contribution in [-0.4, -0.2) is 12.1 Å². The number of hydrogen-bond acceptors (Lipinski definition) is 2. The van der Waals surface area contributed by atoms with Crippen LogP contribution in [0, 0.1) is 3.70 Å². The molecule has 0 spiro atoms. The lowest BCUT2D eigenvalue weighted by molar-refractivity contribution is -0.140. The fourth-order valence-electron chi connectivity index (χ4n) is 1.13. The highest BCUT2D eigenvalue weighted by Crippen LogP contribution is 2.42. The molecule has 0 atom stereocenters. The van der Waals surface area contributed by atoms with E-state index in [4.69, 9.17) is 0 Å². The number of pyridine rings is 1. The summed E-state index contributed by atoms with van der Waals surface area (Å²) in [5.41, 5.74) is -2.61. The average Bonchev–Trinajstić information content (AvgIpc) is 2.15. The van der Waals surface area contributed by atoms with E-state index in [-0.39, 0.29) is 3.70 Å². The van der Waals surface area contributed by atoms with Gasteiger partial charge in [-0.2, -0.15) is 13.2 Å². The molecule has 0 aromatic carbocycles. The molecule has 1 rings (SSSR count). The van der Waals surface area contributed by atoms with Crippen molar-refractivity contribution in [3.63, 3.8) is 0 Å². The fraction of sp³-hybridized carbons (Fsp3) is 0.375. The Bertz CT molecular complexity index is 393. The fourth-order valence-corrected chi connectivity index (χ4v) is 1.78. The average molecular weight is 353 g/mol. The SMILES string of the molecule is COc1cnc(I)c(C(F)F)c1C(F)(F)F. The lowest BCUT2D eigenvalue weighted by atomic mass is 10.1. The molecule has 0 aliphatic carbocycles. The summed E-state index contributed by atoms with van der Waals surface area (Å²) < 4.78 is 66.9. The molecule has 16 heavy (non-hydrogen) atoms. The Morgan fingerprint density at radius 3 is 2.31 bits per heavy atom. The Hall–Kier alpha value is -0.670. The molecule has 0 aliphatic heterocycles. The number of rotatable bonds is 2. The molecule has 0 amide bonds. The first kappa shape index (κ1) is 13.4. The Balaban J connectivity index is 3.56. The van der Waals surface area contributed by atoms with Crippen LogP contribution in [0.4, 0.5) is 22.0 Å². The van der Waals surface area contributed by atoms with Crippen LogP contribution in [-0.2, 0) is 6.18 Å². The summed E-state index contributed by atoms with van der Waals surface area (Å²) in [6.45, 7) is 0. The zero-order valence-electron chi connectivity index (χ0n) is 7.78. The van der Waals surface area contributed by atoms with Crippen LogP contribution in [0.3, 0.4) is 0 Å². The van der Waals surface area contributed by atoms with Crippen LogP contribution in [0.5, 0.6) is 5.75 Å². The van der Waals surface area contributed by atoms with E-state index in [0.717, 1.165) is 13.3 Å². The second kappa shape index (κ2) is 4.68. The first-order valence-corrected chi connectivity index (χ1v) is 4.94. The Morgan fingerprint density at radius 1 is 1.38 bits per heavy atom. The van der Waals surface area contributed by atoms with Gasteiger partial charge >= 0.3 is 6.18 Å². The molecule has 0 saturated heterocycles. The predicted molar refractivity (Wildman–Crippen MR) is 53.5 cm³/mol. The van der Waals surface area contributed by atoms with E-state index >= 15 is 0 Å². The number of alkyl halides is 5. The van der Waals surface area contributed by atoms with Crippen LogP contribution in [0.2, 0.25) is 0 Å². The summed E-state index contributed by atoms with van der Waals surface area (Å²) in [5, 5.41) is 0. The van der Waals surface area contributed by atoms with Gasteiger partial charge in [0.05, 0.1) is 18.9 Å². The topological polar surface area (TPSA) is 22.1 Å². The van der Waals surface area contributed by atoms with Crippen molar-refractivity contribution < 1.29 is 26.7 Å². The minimum atomic E-state index is -4.90. The van der Waals surface area contributed by atoms with Crippen molar-refractivity contribution in [3.05, 3.63) is 21.0 Å². The van der Waals surface area contributed by atoms with Crippen LogP contribution in [0.15, 0.2) is 6.20 Å². The standard InChI is InChI=1S/C8H5F5INO/c1-16-3-2-15-7(14)4(6(9)10)5(3)8(11,12)13/h2,6H,1H3. The Labute approximate surface area is 101 Å². The van der Waals surface area contributed by atoms with Gasteiger partial charge in [0.25, 0.3) is 6.43 Å². The van der Waals surface area contributed by atoms with Crippen molar-refractivity contribution in [1.82, 2.24) is 4.98 Å². The van der Waals surface area contributed by atoms with Gasteiger partial charge in [0, 0.05) is 0 Å². The quantitative estimate of drug-likeness (QED) is 0.460. The summed E-state index contributed by atoms with van der Waals surface area (Å²) in [6.07, 6.45) is -7.39. The van der Waals surface area contributed by atoms with E-state index in [1.807, 2.05) is 0 Å². The molecule has 0 bridgehead atoms. The van der Waals surface area contributed by atoms with Gasteiger partial charge in [0.2, 0.25) is 0 Å². The Kier molecular flexibility index (Phi) is 3.92. The third-order valence-corrected chi connectivity index (χ3v) is 2.61. The third-order valence-electron chi connectivity index (χ3n) is 1.75. The van der Waals surface area contributed by atoms with E-state index in [2.05, 4.69) is 9.72 Å². The lowest BCUT2D eigenvalue weighted by Crippen LogP contribution is -2.14. The first-order valence-electron chi connectivity index (χ1n) is 3.86. The number of nitrogens with zero attached hydrogens (tertiary/aromatic N) is 1. The molecule has 0 unspecified atom stereocenters. The third kappa shape index (κ3) is 2.53. The van der Waals surface area contributed by atoms with E-state index < -0.39 is 29.5 Å². The van der Waals surface area contributed by atoms with E-state index in [1.165, 1.54) is 22.6 Å². The maximum absolute atomic E-state index is 12.6. The zero-order chi connectivity index (χ0) is 12.5. The molecule has 0 radical (unpaired) electrons. The normalized spacial score (nSPS) is 12.0. The molecule has 1 aromatic heterocycles. The minimum absolute atomic E-state index is 0.388. The van der Waals surface area contributed by atoms with Gasteiger partial charge < -0.3 is 4.74 Å². The molecule has 2 nitrogen and oxygen atoms in total. The van der Waals surface area contributed by atoms with E-state index in [9.17, 15) is 22.0 Å². The van der Waals surface area contributed by atoms with Gasteiger partial charge in [-0.15, -0.1) is 0 Å². The van der Waals surface area contributed by atoms with Crippen molar-refractivity contribution in [2.75, 3.05) is 7.11 Å². The summed E-state index contributed by atoms with van der Waals surface area (Å²) in [7, 11) is 0.967. The zero-order valence-corrected chi connectivity index (χ0v) is 9.94. The molecule has 0 saturated carbocycles. The summed E-state index contributed by atoms with van der Waals surface area (Å²) >= 11 is 1.33. The molecule has 8 heteroatoms. The van der Waals surface area contributed by atoms with Gasteiger partial charge in [0.15, 0.2) is 0 Å². The second-order valence-corrected chi connectivity index (χ2v) is 3.73. The van der Waals surface area contributed by atoms with Crippen molar-refractivity contribution in [2.24, 2.45) is 0 Å². The highest BCUT2D eigenvalue weighted by atomic mass is 127. The number of ether oxygens (including phenoxy) is 1. The summed E-state index contributed by atoms with van der Waals surface area (Å²) in [4.78, 5) is 3.43. The first-order chi connectivity index (χ1) is 7.29. The van der Waals surface area contributed by atoms with Gasteiger partial charge in [-0.05, 0) is 22.6 Å². The minimum Gasteiger partial charge on any atom is -0.494 e. The van der Waals surface area contributed by atoms with Crippen LogP contribution in [0.25, 0.3) is 0 Å². The summed E-state index contributed by atoms with van der Waals surface area (Å²) in [5.74, 6) is -0.705. The van der Waals surface area contributed by atoms with E-state index in [1.54, 1.807) is 0 Å². The molecule has 0 N–H and O–H groups in total. The number of aromatic nitrogens is 1. The van der Waals surface area contributed by atoms with Crippen molar-refractivity contribution in [3.8, 4) is 5.75 Å². The monoisotopic (exact) mass is 353 g/mol. The molecule has 1 aromatic rings. The smallest absolute Gasteiger partial charge is 0.420 e. The van der Waals surface area contributed by atoms with Crippen LogP contribution in [0.1, 0.15) is 17.6 Å². The van der Waals surface area contributed by atoms with Crippen molar-refractivity contribution >= 4 is 22.6 Å². The highest BCUT2D eigenvalue weighted by Gasteiger charge is 2.40. The highest BCUT2D eigenvalue weighted by molar-refractivity contribution is 14.1. The maximum atomic E-state index is 12.6. The van der Waals surface area contributed by atoms with Crippen LogP contribution >= 0.6 is 22.6 Å². The van der Waals surface area contributed by atoms with Crippen LogP contribution < -0.4 is 4.74 Å². The van der Waals surface area contributed by atoms with E-state index in [0.29, 0.717) is 0 Å². The largest absolute Gasteiger partial charge is 0.494 e. The van der Waals surface area contributed by atoms with Gasteiger partial charge in [-0.1, -0.05) is 0 Å². The molecular weight excluding hydrogens is 348 g/mol. The molecule has 1 heterocycles. The molecule has 0 aliphatic rings. The van der Waals surface area contributed by atoms with Gasteiger partial charge in [-0.25, -0.2) is 13.8 Å². The predicted octanol–water partition coefficient (Wildman–Crippen LogP) is 3.65. The van der Waals surface area contributed by atoms with Crippen molar-refractivity contribution in [2.45, 2.75) is 12.6 Å². The Morgan fingerprint density at radius 2 is 1.94 bits per heavy atom. The van der Waals surface area contributed by atoms with Gasteiger partial charge in [0.1, 0.15) is 15.0 Å². The van der Waals surface area contributed by atoms with Crippen molar-refractivity contribution in [1.29, 1.82) is 0 Å². The maximum Gasteiger partial charge on any atom is 0.420 e. The number of methoxy groups -OCH3 is 1. The molecular formula is C8H5F5INO. The second-order valence-electron chi connectivity index (χ2n) is 2.70. The number of hydrogen-bond donors (Lipinski definition) is 0. The van der Waals surface area contributed by atoms with Gasteiger partial charge in [-0.3, -0.25) is 0 Å². The number of halogens is 6. The summed E-state index contributed by atoms with van der Waals surface area (Å²) in [6, 6.07) is 0. The molecule has 0 fully saturated rings. The molecule has 90 valence electrons. The lowest BCUT2D eigenvalue weighted by Gasteiger charge is -2.16.